The fraction of sp³-hybridized carbons (Fsp3) is 0.529. The van der Waals surface area contributed by atoms with Crippen molar-refractivity contribution in [3.8, 4) is 0 Å². The van der Waals surface area contributed by atoms with Gasteiger partial charge in [-0.3, -0.25) is 9.58 Å². The van der Waals surface area contributed by atoms with Gasteiger partial charge in [0.25, 0.3) is 0 Å². The number of H-pyrrole nitrogens is 1. The number of hydrogen-bond acceptors (Lipinski definition) is 6. The average molecular weight is 340 g/mol. The fourth-order valence-corrected chi connectivity index (χ4v) is 3.52. The van der Waals surface area contributed by atoms with Crippen LogP contribution in [0.5, 0.6) is 0 Å². The third-order valence-electron chi connectivity index (χ3n) is 5.05. The number of nitrogen functional groups attached to an aromatic ring is 1. The van der Waals surface area contributed by atoms with Crippen LogP contribution in [0.25, 0.3) is 11.2 Å². The van der Waals surface area contributed by atoms with Gasteiger partial charge in [0.1, 0.15) is 11.3 Å². The van der Waals surface area contributed by atoms with E-state index in [1.807, 2.05) is 4.68 Å². The number of nitrogens with zero attached hydrogens (tertiary/aromatic N) is 6. The first kappa shape index (κ1) is 16.0. The van der Waals surface area contributed by atoms with Gasteiger partial charge in [0.2, 0.25) is 0 Å². The van der Waals surface area contributed by atoms with Crippen LogP contribution in [0, 0.1) is 6.92 Å². The van der Waals surface area contributed by atoms with Crippen LogP contribution in [0.1, 0.15) is 42.8 Å². The molecule has 0 amide bonds. The van der Waals surface area contributed by atoms with Crippen LogP contribution < -0.4 is 5.73 Å². The van der Waals surface area contributed by atoms with Crippen LogP contribution >= 0.6 is 0 Å². The Morgan fingerprint density at radius 2 is 2.08 bits per heavy atom. The van der Waals surface area contributed by atoms with Crippen LogP contribution in [0.4, 0.5) is 5.82 Å². The van der Waals surface area contributed by atoms with Gasteiger partial charge in [-0.25, -0.2) is 15.0 Å². The largest absolute Gasteiger partial charge is 0.382 e. The summed E-state index contributed by atoms with van der Waals surface area (Å²) in [4.78, 5) is 18.8. The maximum absolute atomic E-state index is 6.03. The van der Waals surface area contributed by atoms with E-state index in [9.17, 15) is 0 Å². The van der Waals surface area contributed by atoms with Gasteiger partial charge >= 0.3 is 0 Å². The number of likely N-dealkylation sites (tertiary alicyclic amines) is 1. The van der Waals surface area contributed by atoms with Gasteiger partial charge in [-0.2, -0.15) is 5.10 Å². The Hall–Kier alpha value is -2.48. The Labute approximate surface area is 146 Å². The number of aromatic amines is 1. The lowest BCUT2D eigenvalue weighted by molar-refractivity contribution is 0.201. The SMILES string of the molecule is CCn1cc(CN2CCC(c3nc(N)c4[nH]cnc4n3)CC2)c(C)n1. The lowest BCUT2D eigenvalue weighted by atomic mass is 9.95. The molecule has 0 bridgehead atoms. The zero-order valence-electron chi connectivity index (χ0n) is 14.7. The Balaban J connectivity index is 1.42. The maximum Gasteiger partial charge on any atom is 0.183 e. The Kier molecular flexibility index (Phi) is 4.12. The number of fused-ring (bicyclic) bond motifs is 1. The van der Waals surface area contributed by atoms with E-state index in [-0.39, 0.29) is 0 Å². The van der Waals surface area contributed by atoms with Gasteiger partial charge in [-0.15, -0.1) is 0 Å². The van der Waals surface area contributed by atoms with E-state index in [1.165, 1.54) is 5.56 Å². The van der Waals surface area contributed by atoms with Crippen molar-refractivity contribution in [1.29, 1.82) is 0 Å². The standard InChI is InChI=1S/C17H24N8/c1-3-25-9-13(11(2)23-25)8-24-6-4-12(5-7-24)16-21-15(18)14-17(22-16)20-10-19-14/h9-10,12H,3-8H2,1-2H3,(H3,18,19,20,21,22). The minimum atomic E-state index is 0.346. The molecule has 132 valence electrons. The molecule has 3 aromatic heterocycles. The van der Waals surface area contributed by atoms with Crippen molar-refractivity contribution in [2.75, 3.05) is 18.8 Å². The van der Waals surface area contributed by atoms with E-state index >= 15 is 0 Å². The van der Waals surface area contributed by atoms with Crippen LogP contribution in [0.3, 0.4) is 0 Å². The Morgan fingerprint density at radius 1 is 1.28 bits per heavy atom. The number of nitrogens with two attached hydrogens (primary N) is 1. The van der Waals surface area contributed by atoms with Gasteiger partial charge in [0.05, 0.1) is 12.0 Å². The summed E-state index contributed by atoms with van der Waals surface area (Å²) in [5, 5.41) is 4.54. The van der Waals surface area contributed by atoms with Gasteiger partial charge in [0, 0.05) is 30.8 Å². The maximum atomic E-state index is 6.03. The smallest absolute Gasteiger partial charge is 0.183 e. The first-order valence-electron chi connectivity index (χ1n) is 8.85. The summed E-state index contributed by atoms with van der Waals surface area (Å²) in [6, 6.07) is 0. The molecular formula is C17H24N8. The number of aryl methyl sites for hydroxylation is 2. The first-order valence-corrected chi connectivity index (χ1v) is 8.85. The molecule has 3 N–H and O–H groups in total. The van der Waals surface area contributed by atoms with E-state index in [2.05, 4.69) is 50.0 Å². The normalized spacial score (nSPS) is 16.7. The van der Waals surface area contributed by atoms with E-state index < -0.39 is 0 Å². The van der Waals surface area contributed by atoms with Crippen molar-refractivity contribution >= 4 is 17.0 Å². The fourth-order valence-electron chi connectivity index (χ4n) is 3.52. The summed E-state index contributed by atoms with van der Waals surface area (Å²) in [5.41, 5.74) is 9.86. The Bertz CT molecular complexity index is 872. The number of aromatic nitrogens is 6. The van der Waals surface area contributed by atoms with E-state index in [4.69, 9.17) is 5.73 Å². The second kappa shape index (κ2) is 6.44. The molecule has 4 heterocycles. The number of rotatable bonds is 4. The summed E-state index contributed by atoms with van der Waals surface area (Å²) < 4.78 is 2.01. The van der Waals surface area contributed by atoms with E-state index in [0.29, 0.717) is 17.4 Å². The zero-order chi connectivity index (χ0) is 17.4. The van der Waals surface area contributed by atoms with Crippen molar-refractivity contribution in [1.82, 2.24) is 34.6 Å². The molecule has 0 atom stereocenters. The van der Waals surface area contributed by atoms with Crippen molar-refractivity contribution in [2.24, 2.45) is 0 Å². The van der Waals surface area contributed by atoms with Crippen molar-refractivity contribution in [3.05, 3.63) is 29.6 Å². The minimum Gasteiger partial charge on any atom is -0.382 e. The predicted octanol–water partition coefficient (Wildman–Crippen LogP) is 1.84. The number of imidazole rings is 1. The summed E-state index contributed by atoms with van der Waals surface area (Å²) in [5.74, 6) is 1.66. The quantitative estimate of drug-likeness (QED) is 0.751. The van der Waals surface area contributed by atoms with Crippen LogP contribution in [-0.2, 0) is 13.1 Å². The highest BCUT2D eigenvalue weighted by molar-refractivity contribution is 5.80. The van der Waals surface area contributed by atoms with Crippen molar-refractivity contribution in [3.63, 3.8) is 0 Å². The molecule has 8 nitrogen and oxygen atoms in total. The third kappa shape index (κ3) is 3.09. The highest BCUT2D eigenvalue weighted by Crippen LogP contribution is 2.28. The lowest BCUT2D eigenvalue weighted by Crippen LogP contribution is -2.33. The van der Waals surface area contributed by atoms with Crippen molar-refractivity contribution < 1.29 is 0 Å². The average Bonchev–Trinajstić information content (AvgIpc) is 3.23. The number of hydrogen-bond donors (Lipinski definition) is 2. The monoisotopic (exact) mass is 340 g/mol. The summed E-state index contributed by atoms with van der Waals surface area (Å²) >= 11 is 0. The van der Waals surface area contributed by atoms with Gasteiger partial charge in [-0.05, 0) is 39.8 Å². The molecule has 0 unspecified atom stereocenters. The first-order chi connectivity index (χ1) is 12.1. The highest BCUT2D eigenvalue weighted by atomic mass is 15.3. The lowest BCUT2D eigenvalue weighted by Gasteiger charge is -2.31. The molecule has 0 aromatic carbocycles. The molecule has 1 saturated heterocycles. The second-order valence-corrected chi connectivity index (χ2v) is 6.71. The predicted molar refractivity (Wildman–Crippen MR) is 96.0 cm³/mol. The van der Waals surface area contributed by atoms with Crippen LogP contribution in [0.15, 0.2) is 12.5 Å². The molecule has 8 heteroatoms. The molecule has 0 radical (unpaired) electrons. The van der Waals surface area contributed by atoms with E-state index in [1.54, 1.807) is 6.33 Å². The molecule has 0 spiro atoms. The molecule has 1 aliphatic rings. The van der Waals surface area contributed by atoms with Crippen LogP contribution in [0.2, 0.25) is 0 Å². The summed E-state index contributed by atoms with van der Waals surface area (Å²) in [6.45, 7) is 8.14. The molecule has 3 aromatic rings. The summed E-state index contributed by atoms with van der Waals surface area (Å²) in [6.07, 6.45) is 5.85. The summed E-state index contributed by atoms with van der Waals surface area (Å²) in [7, 11) is 0. The number of nitrogens with one attached hydrogen (secondary N) is 1. The highest BCUT2D eigenvalue weighted by Gasteiger charge is 2.24. The molecule has 1 aliphatic heterocycles. The Morgan fingerprint density at radius 3 is 2.80 bits per heavy atom. The van der Waals surface area contributed by atoms with E-state index in [0.717, 1.165) is 56.1 Å². The molecule has 25 heavy (non-hydrogen) atoms. The molecule has 0 saturated carbocycles. The third-order valence-corrected chi connectivity index (χ3v) is 5.05. The molecule has 0 aliphatic carbocycles. The van der Waals surface area contributed by atoms with Crippen molar-refractivity contribution in [2.45, 2.75) is 45.7 Å². The van der Waals surface area contributed by atoms with Gasteiger partial charge in [-0.1, -0.05) is 0 Å². The van der Waals surface area contributed by atoms with Gasteiger partial charge < -0.3 is 10.7 Å². The van der Waals surface area contributed by atoms with Crippen LogP contribution in [-0.4, -0.2) is 47.7 Å². The minimum absolute atomic E-state index is 0.346. The molecule has 1 fully saturated rings. The number of anilines is 1. The molecular weight excluding hydrogens is 316 g/mol. The second-order valence-electron chi connectivity index (χ2n) is 6.71. The van der Waals surface area contributed by atoms with Gasteiger partial charge in [0.15, 0.2) is 11.5 Å². The zero-order valence-corrected chi connectivity index (χ0v) is 14.7. The molecule has 4 rings (SSSR count). The number of piperidine rings is 1. The topological polar surface area (TPSA) is 102 Å².